The smallest absolute Gasteiger partial charge is 0.205 e. The van der Waals surface area contributed by atoms with Crippen LogP contribution in [0.1, 0.15) is 32.6 Å². The second-order valence-corrected chi connectivity index (χ2v) is 4.50. The maximum absolute atomic E-state index is 5.80. The molecule has 90 valence electrons. The summed E-state index contributed by atoms with van der Waals surface area (Å²) in [5.41, 5.74) is 5.80. The molecule has 2 N–H and O–H groups in total. The van der Waals surface area contributed by atoms with Gasteiger partial charge in [-0.15, -0.1) is 0 Å². The number of aryl methyl sites for hydroxylation is 1. The molecule has 0 amide bonds. The quantitative estimate of drug-likeness (QED) is 0.823. The van der Waals surface area contributed by atoms with Crippen molar-refractivity contribution in [2.24, 2.45) is 5.73 Å². The van der Waals surface area contributed by atoms with Gasteiger partial charge < -0.3 is 15.2 Å². The van der Waals surface area contributed by atoms with Crippen LogP contribution in [0.4, 0.5) is 5.95 Å². The van der Waals surface area contributed by atoms with Crippen molar-refractivity contribution in [3.8, 4) is 0 Å². The van der Waals surface area contributed by atoms with Gasteiger partial charge in [-0.1, -0.05) is 13.3 Å². The van der Waals surface area contributed by atoms with E-state index < -0.39 is 0 Å². The molecule has 1 aliphatic rings. The van der Waals surface area contributed by atoms with E-state index in [2.05, 4.69) is 27.6 Å². The van der Waals surface area contributed by atoms with E-state index in [1.165, 1.54) is 25.7 Å². The molecule has 1 unspecified atom stereocenters. The molecule has 1 aromatic rings. The van der Waals surface area contributed by atoms with Gasteiger partial charge in [0, 0.05) is 38.1 Å². The van der Waals surface area contributed by atoms with Crippen molar-refractivity contribution < 1.29 is 0 Å². The van der Waals surface area contributed by atoms with Crippen molar-refractivity contribution in [1.82, 2.24) is 9.55 Å². The fourth-order valence-electron chi connectivity index (χ4n) is 2.41. The minimum Gasteiger partial charge on any atom is -0.338 e. The van der Waals surface area contributed by atoms with Crippen molar-refractivity contribution >= 4 is 5.95 Å². The van der Waals surface area contributed by atoms with E-state index in [-0.39, 0.29) is 0 Å². The molecular weight excluding hydrogens is 200 g/mol. The Labute approximate surface area is 97.4 Å². The molecule has 16 heavy (non-hydrogen) atoms. The maximum atomic E-state index is 5.80. The molecule has 1 saturated heterocycles. The molecule has 0 radical (unpaired) electrons. The number of nitrogens with two attached hydrogens (primary N) is 1. The van der Waals surface area contributed by atoms with Crippen molar-refractivity contribution in [2.75, 3.05) is 18.0 Å². The van der Waals surface area contributed by atoms with E-state index in [0.717, 1.165) is 25.6 Å². The molecule has 4 heteroatoms. The molecule has 2 heterocycles. The third-order valence-corrected chi connectivity index (χ3v) is 3.35. The number of unbranched alkanes of at least 4 members (excludes halogenated alkanes) is 1. The predicted molar refractivity (Wildman–Crippen MR) is 66.6 cm³/mol. The lowest BCUT2D eigenvalue weighted by Gasteiger charge is -2.25. The van der Waals surface area contributed by atoms with E-state index >= 15 is 0 Å². The Kier molecular flexibility index (Phi) is 3.83. The SMILES string of the molecule is CCCCn1ccnc1N1CCCC1CN. The zero-order valence-electron chi connectivity index (χ0n) is 10.1. The lowest BCUT2D eigenvalue weighted by Crippen LogP contribution is -2.37. The minimum atomic E-state index is 0.489. The van der Waals surface area contributed by atoms with Crippen LogP contribution in [0.5, 0.6) is 0 Å². The molecule has 0 aliphatic carbocycles. The lowest BCUT2D eigenvalue weighted by atomic mass is 10.2. The summed E-state index contributed by atoms with van der Waals surface area (Å²) < 4.78 is 2.26. The maximum Gasteiger partial charge on any atom is 0.205 e. The Bertz CT molecular complexity index is 321. The van der Waals surface area contributed by atoms with Crippen molar-refractivity contribution in [1.29, 1.82) is 0 Å². The first kappa shape index (κ1) is 11.5. The summed E-state index contributed by atoms with van der Waals surface area (Å²) in [4.78, 5) is 6.85. The number of aromatic nitrogens is 2. The van der Waals surface area contributed by atoms with Crippen LogP contribution in [0.3, 0.4) is 0 Å². The van der Waals surface area contributed by atoms with Crippen LogP contribution >= 0.6 is 0 Å². The second kappa shape index (κ2) is 5.34. The average molecular weight is 222 g/mol. The molecule has 1 atom stereocenters. The third kappa shape index (κ3) is 2.21. The lowest BCUT2D eigenvalue weighted by molar-refractivity contribution is 0.598. The van der Waals surface area contributed by atoms with Crippen molar-refractivity contribution in [3.63, 3.8) is 0 Å². The molecule has 2 rings (SSSR count). The van der Waals surface area contributed by atoms with Gasteiger partial charge >= 0.3 is 0 Å². The molecule has 0 spiro atoms. The number of hydrogen-bond acceptors (Lipinski definition) is 3. The Balaban J connectivity index is 2.10. The molecule has 4 nitrogen and oxygen atoms in total. The van der Waals surface area contributed by atoms with Crippen LogP contribution in [0, 0.1) is 0 Å². The largest absolute Gasteiger partial charge is 0.338 e. The van der Waals surface area contributed by atoms with Crippen LogP contribution in [-0.2, 0) is 6.54 Å². The van der Waals surface area contributed by atoms with Gasteiger partial charge in [-0.25, -0.2) is 4.98 Å². The van der Waals surface area contributed by atoms with Gasteiger partial charge in [0.1, 0.15) is 0 Å². The molecule has 1 aromatic heterocycles. The van der Waals surface area contributed by atoms with Gasteiger partial charge in [0.2, 0.25) is 5.95 Å². The zero-order chi connectivity index (χ0) is 11.4. The third-order valence-electron chi connectivity index (χ3n) is 3.35. The molecular formula is C12H22N4. The predicted octanol–water partition coefficient (Wildman–Crippen LogP) is 1.61. The topological polar surface area (TPSA) is 47.1 Å². The summed E-state index contributed by atoms with van der Waals surface area (Å²) in [6.45, 7) is 5.13. The van der Waals surface area contributed by atoms with Gasteiger partial charge in [-0.05, 0) is 19.3 Å². The summed E-state index contributed by atoms with van der Waals surface area (Å²) in [5, 5.41) is 0. The summed E-state index contributed by atoms with van der Waals surface area (Å²) in [6, 6.07) is 0.489. The molecule has 0 aromatic carbocycles. The Morgan fingerprint density at radius 1 is 1.56 bits per heavy atom. The minimum absolute atomic E-state index is 0.489. The van der Waals surface area contributed by atoms with Crippen LogP contribution in [-0.4, -0.2) is 28.7 Å². The van der Waals surface area contributed by atoms with E-state index in [1.807, 2.05) is 6.20 Å². The molecule has 0 saturated carbocycles. The van der Waals surface area contributed by atoms with Crippen LogP contribution < -0.4 is 10.6 Å². The van der Waals surface area contributed by atoms with Crippen molar-refractivity contribution in [3.05, 3.63) is 12.4 Å². The standard InChI is InChI=1S/C12H22N4/c1-2-3-7-15-9-6-14-12(15)16-8-4-5-11(16)10-13/h6,9,11H,2-5,7-8,10,13H2,1H3. The Morgan fingerprint density at radius 3 is 3.19 bits per heavy atom. The normalized spacial score (nSPS) is 20.6. The fourth-order valence-corrected chi connectivity index (χ4v) is 2.41. The molecule has 0 bridgehead atoms. The zero-order valence-corrected chi connectivity index (χ0v) is 10.1. The number of imidazole rings is 1. The van der Waals surface area contributed by atoms with E-state index in [0.29, 0.717) is 6.04 Å². The van der Waals surface area contributed by atoms with Crippen molar-refractivity contribution in [2.45, 2.75) is 45.2 Å². The summed E-state index contributed by atoms with van der Waals surface area (Å²) in [7, 11) is 0. The second-order valence-electron chi connectivity index (χ2n) is 4.50. The summed E-state index contributed by atoms with van der Waals surface area (Å²) in [6.07, 6.45) is 8.86. The summed E-state index contributed by atoms with van der Waals surface area (Å²) >= 11 is 0. The number of anilines is 1. The van der Waals surface area contributed by atoms with Gasteiger partial charge in [-0.2, -0.15) is 0 Å². The molecule has 1 fully saturated rings. The summed E-state index contributed by atoms with van der Waals surface area (Å²) in [5.74, 6) is 1.11. The Hall–Kier alpha value is -1.03. The highest BCUT2D eigenvalue weighted by Gasteiger charge is 2.26. The number of hydrogen-bond donors (Lipinski definition) is 1. The number of nitrogens with zero attached hydrogens (tertiary/aromatic N) is 3. The van der Waals surface area contributed by atoms with E-state index in [4.69, 9.17) is 5.73 Å². The van der Waals surface area contributed by atoms with E-state index in [1.54, 1.807) is 0 Å². The first-order chi connectivity index (χ1) is 7.86. The first-order valence-electron chi connectivity index (χ1n) is 6.34. The van der Waals surface area contributed by atoms with Crippen LogP contribution in [0.2, 0.25) is 0 Å². The monoisotopic (exact) mass is 222 g/mol. The van der Waals surface area contributed by atoms with E-state index in [9.17, 15) is 0 Å². The van der Waals surface area contributed by atoms with Gasteiger partial charge in [-0.3, -0.25) is 0 Å². The highest BCUT2D eigenvalue weighted by atomic mass is 15.3. The Morgan fingerprint density at radius 2 is 2.44 bits per heavy atom. The highest BCUT2D eigenvalue weighted by molar-refractivity contribution is 5.35. The first-order valence-corrected chi connectivity index (χ1v) is 6.34. The fraction of sp³-hybridized carbons (Fsp3) is 0.750. The highest BCUT2D eigenvalue weighted by Crippen LogP contribution is 2.23. The molecule has 1 aliphatic heterocycles. The van der Waals surface area contributed by atoms with Gasteiger partial charge in [0.15, 0.2) is 0 Å². The average Bonchev–Trinajstić information content (AvgIpc) is 2.93. The van der Waals surface area contributed by atoms with Gasteiger partial charge in [0.05, 0.1) is 0 Å². The van der Waals surface area contributed by atoms with Crippen LogP contribution in [0.25, 0.3) is 0 Å². The van der Waals surface area contributed by atoms with Gasteiger partial charge in [0.25, 0.3) is 0 Å². The number of rotatable bonds is 5. The van der Waals surface area contributed by atoms with Crippen LogP contribution in [0.15, 0.2) is 12.4 Å².